The van der Waals surface area contributed by atoms with Gasteiger partial charge in [0.2, 0.25) is 0 Å². The summed E-state index contributed by atoms with van der Waals surface area (Å²) in [6.07, 6.45) is 2.37. The average molecular weight is 406 g/mol. The first-order valence-electron chi connectivity index (χ1n) is 11.1. The fourth-order valence-corrected chi connectivity index (χ4v) is 4.72. The Hall–Kier alpha value is -2.01. The lowest BCUT2D eigenvalue weighted by atomic mass is 9.75. The molecular formula is C26H33N2O2. The van der Waals surface area contributed by atoms with E-state index >= 15 is 0 Å². The molecule has 4 heteroatoms. The zero-order valence-corrected chi connectivity index (χ0v) is 18.2. The number of piperidine rings is 1. The van der Waals surface area contributed by atoms with E-state index in [-0.39, 0.29) is 17.6 Å². The molecule has 2 aromatic rings. The van der Waals surface area contributed by atoms with Gasteiger partial charge in [-0.05, 0) is 42.9 Å². The zero-order valence-electron chi connectivity index (χ0n) is 18.2. The van der Waals surface area contributed by atoms with E-state index in [4.69, 9.17) is 4.74 Å². The van der Waals surface area contributed by atoms with E-state index in [9.17, 15) is 4.79 Å². The average Bonchev–Trinajstić information content (AvgIpc) is 2.80. The van der Waals surface area contributed by atoms with Crippen LogP contribution >= 0.6 is 0 Å². The van der Waals surface area contributed by atoms with Gasteiger partial charge in [-0.2, -0.15) is 0 Å². The number of likely N-dealkylation sites (tertiary alicyclic amines) is 1. The number of rotatable bonds is 6. The molecule has 1 radical (unpaired) electrons. The lowest BCUT2D eigenvalue weighted by Crippen LogP contribution is -2.47. The number of benzene rings is 2. The van der Waals surface area contributed by atoms with E-state index in [1.54, 1.807) is 0 Å². The molecule has 0 N–H and O–H groups in total. The third-order valence-corrected chi connectivity index (χ3v) is 6.74. The van der Waals surface area contributed by atoms with Gasteiger partial charge in [0.1, 0.15) is 0 Å². The molecule has 4 nitrogen and oxygen atoms in total. The number of carbonyl (C=O) groups is 1. The van der Waals surface area contributed by atoms with Gasteiger partial charge in [-0.1, -0.05) is 48.5 Å². The fourth-order valence-electron chi connectivity index (χ4n) is 4.72. The number of morpholine rings is 1. The second-order valence-electron chi connectivity index (χ2n) is 8.60. The van der Waals surface area contributed by atoms with Crippen LogP contribution in [0.15, 0.2) is 48.5 Å². The number of aryl methyl sites for hydroxylation is 1. The molecule has 4 rings (SSSR count). The number of carbonyl (C=O) groups excluding carboxylic acids is 1. The molecule has 0 aromatic heterocycles. The third kappa shape index (κ3) is 4.83. The van der Waals surface area contributed by atoms with Crippen LogP contribution in [0.25, 0.3) is 0 Å². The number of hydrogen-bond acceptors (Lipinski definition) is 4. The Morgan fingerprint density at radius 2 is 1.70 bits per heavy atom. The van der Waals surface area contributed by atoms with Crippen LogP contribution in [0.2, 0.25) is 0 Å². The quantitative estimate of drug-likeness (QED) is 0.686. The second kappa shape index (κ2) is 9.86. The first-order chi connectivity index (χ1) is 14.6. The molecule has 0 amide bonds. The van der Waals surface area contributed by atoms with Crippen molar-refractivity contribution >= 4 is 5.78 Å². The molecule has 2 saturated heterocycles. The molecule has 0 unspecified atom stereocenters. The van der Waals surface area contributed by atoms with Gasteiger partial charge in [0.25, 0.3) is 0 Å². The predicted molar refractivity (Wildman–Crippen MR) is 121 cm³/mol. The van der Waals surface area contributed by atoms with E-state index < -0.39 is 0 Å². The van der Waals surface area contributed by atoms with Crippen LogP contribution in [0.1, 0.15) is 33.0 Å². The van der Waals surface area contributed by atoms with Gasteiger partial charge >= 0.3 is 0 Å². The minimum absolute atomic E-state index is 0.0497. The van der Waals surface area contributed by atoms with Crippen molar-refractivity contribution in [2.45, 2.75) is 19.8 Å². The van der Waals surface area contributed by atoms with Gasteiger partial charge < -0.3 is 9.64 Å². The summed E-state index contributed by atoms with van der Waals surface area (Å²) in [7, 11) is 0. The topological polar surface area (TPSA) is 32.8 Å². The molecule has 2 atom stereocenters. The molecule has 2 heterocycles. The van der Waals surface area contributed by atoms with Crippen LogP contribution in [0, 0.1) is 26.2 Å². The number of Topliss-reactive ketones (excluding diaryl/α,β-unsaturated/α-hetero) is 1. The summed E-state index contributed by atoms with van der Waals surface area (Å²) in [5, 5.41) is 0. The van der Waals surface area contributed by atoms with Crippen molar-refractivity contribution in [2.75, 3.05) is 52.5 Å². The van der Waals surface area contributed by atoms with Gasteiger partial charge in [-0.15, -0.1) is 0 Å². The smallest absolute Gasteiger partial charge is 0.167 e. The van der Waals surface area contributed by atoms with Crippen molar-refractivity contribution in [3.05, 3.63) is 77.2 Å². The van der Waals surface area contributed by atoms with E-state index in [0.29, 0.717) is 0 Å². The summed E-state index contributed by atoms with van der Waals surface area (Å²) >= 11 is 0. The highest BCUT2D eigenvalue weighted by Crippen LogP contribution is 2.36. The molecule has 159 valence electrons. The Morgan fingerprint density at radius 1 is 0.967 bits per heavy atom. The van der Waals surface area contributed by atoms with Crippen molar-refractivity contribution in [3.63, 3.8) is 0 Å². The Balaban J connectivity index is 1.53. The largest absolute Gasteiger partial charge is 0.379 e. The fraction of sp³-hybridized carbons (Fsp3) is 0.462. The lowest BCUT2D eigenvalue weighted by Gasteiger charge is -2.39. The first-order valence-corrected chi connectivity index (χ1v) is 11.1. The molecule has 30 heavy (non-hydrogen) atoms. The van der Waals surface area contributed by atoms with Crippen LogP contribution in [0.3, 0.4) is 0 Å². The van der Waals surface area contributed by atoms with Crippen molar-refractivity contribution in [1.29, 1.82) is 0 Å². The molecule has 2 fully saturated rings. The van der Waals surface area contributed by atoms with Gasteiger partial charge in [-0.25, -0.2) is 0 Å². The number of ketones is 1. The molecule has 2 aliphatic rings. The normalized spacial score (nSPS) is 23.4. The summed E-state index contributed by atoms with van der Waals surface area (Å²) in [5.74, 6) is 0.373. The monoisotopic (exact) mass is 405 g/mol. The highest BCUT2D eigenvalue weighted by molar-refractivity contribution is 5.98. The number of nitrogens with zero attached hydrogens (tertiary/aromatic N) is 2. The third-order valence-electron chi connectivity index (χ3n) is 6.74. The Bertz CT molecular complexity index is 845. The maximum atomic E-state index is 13.6. The Kier molecular flexibility index (Phi) is 6.98. The van der Waals surface area contributed by atoms with E-state index in [1.165, 1.54) is 16.7 Å². The highest BCUT2D eigenvalue weighted by atomic mass is 16.5. The molecular weight excluding hydrogens is 372 g/mol. The standard InChI is InChI=1S/C26H33N2O2/c1-20-7-6-10-23(21(20)2)24-11-12-28(14-13-27-15-17-30-18-16-27)19-25(24)26(29)22-8-4-3-5-9-22/h3-11,24-25H,12-19H2,1-2H3/t24-,25-/m1/s1. The van der Waals surface area contributed by atoms with Crippen LogP contribution < -0.4 is 0 Å². The molecule has 0 spiro atoms. The number of hydrogen-bond donors (Lipinski definition) is 0. The lowest BCUT2D eigenvalue weighted by molar-refractivity contribution is 0.0316. The number of ether oxygens (including phenoxy) is 1. The van der Waals surface area contributed by atoms with Crippen LogP contribution in [0.4, 0.5) is 0 Å². The molecule has 2 aromatic carbocycles. The molecule has 0 bridgehead atoms. The maximum Gasteiger partial charge on any atom is 0.167 e. The SMILES string of the molecule is Cc1cccc([C@H]2[CH]CN(CCN3CCOCC3)C[C@H]2C(=O)c2ccccc2)c1C. The van der Waals surface area contributed by atoms with Crippen LogP contribution in [-0.2, 0) is 4.74 Å². The second-order valence-corrected chi connectivity index (χ2v) is 8.60. The van der Waals surface area contributed by atoms with Crippen molar-refractivity contribution in [1.82, 2.24) is 9.80 Å². The summed E-state index contributed by atoms with van der Waals surface area (Å²) in [6.45, 7) is 11.8. The highest BCUT2D eigenvalue weighted by Gasteiger charge is 2.36. The molecule has 0 saturated carbocycles. The van der Waals surface area contributed by atoms with Crippen molar-refractivity contribution < 1.29 is 9.53 Å². The predicted octanol–water partition coefficient (Wildman–Crippen LogP) is 3.74. The van der Waals surface area contributed by atoms with E-state index in [1.807, 2.05) is 30.3 Å². The first kappa shape index (κ1) is 21.2. The molecule has 2 aliphatic heterocycles. The zero-order chi connectivity index (χ0) is 20.9. The van der Waals surface area contributed by atoms with Gasteiger partial charge in [0.05, 0.1) is 13.2 Å². The van der Waals surface area contributed by atoms with E-state index in [0.717, 1.165) is 58.0 Å². The van der Waals surface area contributed by atoms with Gasteiger partial charge in [0, 0.05) is 50.7 Å². The van der Waals surface area contributed by atoms with E-state index in [2.05, 4.69) is 48.3 Å². The van der Waals surface area contributed by atoms with Crippen LogP contribution in [0.5, 0.6) is 0 Å². The summed E-state index contributed by atoms with van der Waals surface area (Å²) < 4.78 is 5.47. The maximum absolute atomic E-state index is 13.6. The Labute approximate surface area is 180 Å². The van der Waals surface area contributed by atoms with Crippen molar-refractivity contribution in [2.24, 2.45) is 5.92 Å². The van der Waals surface area contributed by atoms with Crippen molar-refractivity contribution in [3.8, 4) is 0 Å². The summed E-state index contributed by atoms with van der Waals surface area (Å²) in [5.41, 5.74) is 4.73. The minimum Gasteiger partial charge on any atom is -0.379 e. The molecule has 0 aliphatic carbocycles. The minimum atomic E-state index is -0.0497. The van der Waals surface area contributed by atoms with Gasteiger partial charge in [0.15, 0.2) is 5.78 Å². The Morgan fingerprint density at radius 3 is 2.47 bits per heavy atom. The van der Waals surface area contributed by atoms with Crippen LogP contribution in [-0.4, -0.2) is 68.1 Å². The summed E-state index contributed by atoms with van der Waals surface area (Å²) in [4.78, 5) is 18.5. The summed E-state index contributed by atoms with van der Waals surface area (Å²) in [6, 6.07) is 16.3. The van der Waals surface area contributed by atoms with Gasteiger partial charge in [-0.3, -0.25) is 9.69 Å².